The van der Waals surface area contributed by atoms with E-state index in [4.69, 9.17) is 19.4 Å². The maximum absolute atomic E-state index is 13.0. The van der Waals surface area contributed by atoms with Gasteiger partial charge in [-0.25, -0.2) is 5.48 Å². The molecule has 34 heavy (non-hydrogen) atoms. The molecule has 2 N–H and O–H groups in total. The monoisotopic (exact) mass is 481 g/mol. The van der Waals surface area contributed by atoms with Gasteiger partial charge < -0.3 is 18.9 Å². The maximum Gasteiger partial charge on any atom is 0.573 e. The van der Waals surface area contributed by atoms with Crippen LogP contribution in [0.4, 0.5) is 13.2 Å². The summed E-state index contributed by atoms with van der Waals surface area (Å²) in [5, 5.41) is 8.58. The molecule has 0 atom stereocenters. The molecule has 2 rings (SSSR count). The number of methoxy groups -OCH3 is 3. The molecule has 0 aliphatic rings. The molecular weight excluding hydrogens is 459 g/mol. The van der Waals surface area contributed by atoms with E-state index in [1.54, 1.807) is 0 Å². The molecular formula is C23H22F3NO7. The van der Waals surface area contributed by atoms with Gasteiger partial charge in [0.2, 0.25) is 5.75 Å². The number of hydrogen-bond acceptors (Lipinski definition) is 7. The van der Waals surface area contributed by atoms with Crippen LogP contribution in [0.25, 0.3) is 12.2 Å². The second-order valence-corrected chi connectivity index (χ2v) is 6.72. The lowest BCUT2D eigenvalue weighted by atomic mass is 10.00. The first-order valence-corrected chi connectivity index (χ1v) is 9.57. The minimum Gasteiger partial charge on any atom is -0.493 e. The van der Waals surface area contributed by atoms with Crippen LogP contribution in [-0.2, 0) is 4.79 Å². The van der Waals surface area contributed by atoms with Crippen molar-refractivity contribution < 1.29 is 46.9 Å². The summed E-state index contributed by atoms with van der Waals surface area (Å²) in [4.78, 5) is 24.2. The van der Waals surface area contributed by atoms with Gasteiger partial charge in [-0.2, -0.15) is 0 Å². The number of amides is 1. The molecule has 0 aromatic heterocycles. The SMILES string of the molecule is COc1cc(C(=O)C(C)=Cc2ccc(OC(F)(F)F)c(/C=C/C(=O)NO)c2)cc(OC)c1OC. The summed E-state index contributed by atoms with van der Waals surface area (Å²) in [5.74, 6) is -1.05. The average molecular weight is 481 g/mol. The van der Waals surface area contributed by atoms with Gasteiger partial charge in [-0.1, -0.05) is 6.07 Å². The smallest absolute Gasteiger partial charge is 0.493 e. The fourth-order valence-corrected chi connectivity index (χ4v) is 2.96. The first kappa shape index (κ1) is 26.3. The van der Waals surface area contributed by atoms with Crippen molar-refractivity contribution in [3.8, 4) is 23.0 Å². The Morgan fingerprint density at radius 2 is 1.59 bits per heavy atom. The van der Waals surface area contributed by atoms with Gasteiger partial charge in [-0.15, -0.1) is 13.2 Å². The van der Waals surface area contributed by atoms with E-state index in [1.165, 1.54) is 64.1 Å². The third-order valence-electron chi connectivity index (χ3n) is 4.45. The first-order chi connectivity index (χ1) is 16.0. The van der Waals surface area contributed by atoms with E-state index < -0.39 is 23.8 Å². The van der Waals surface area contributed by atoms with Gasteiger partial charge in [0.15, 0.2) is 17.3 Å². The summed E-state index contributed by atoms with van der Waals surface area (Å²) in [6.45, 7) is 1.53. The van der Waals surface area contributed by atoms with Crippen LogP contribution in [-0.4, -0.2) is 44.6 Å². The molecule has 1 amide bonds. The Morgan fingerprint density at radius 3 is 2.09 bits per heavy atom. The molecule has 0 unspecified atom stereocenters. The van der Waals surface area contributed by atoms with Crippen molar-refractivity contribution in [2.45, 2.75) is 13.3 Å². The number of rotatable bonds is 9. The van der Waals surface area contributed by atoms with E-state index in [-0.39, 0.29) is 28.2 Å². The van der Waals surface area contributed by atoms with Crippen molar-refractivity contribution in [2.24, 2.45) is 0 Å². The van der Waals surface area contributed by atoms with Crippen molar-refractivity contribution >= 4 is 23.8 Å². The van der Waals surface area contributed by atoms with E-state index in [9.17, 15) is 22.8 Å². The predicted molar refractivity (Wildman–Crippen MR) is 116 cm³/mol. The number of alkyl halides is 3. The zero-order chi connectivity index (χ0) is 25.5. The Bertz CT molecular complexity index is 1100. The van der Waals surface area contributed by atoms with Crippen LogP contribution >= 0.6 is 0 Å². The van der Waals surface area contributed by atoms with Crippen LogP contribution < -0.4 is 24.4 Å². The van der Waals surface area contributed by atoms with Gasteiger partial charge in [-0.3, -0.25) is 14.8 Å². The second-order valence-electron chi connectivity index (χ2n) is 6.72. The minimum atomic E-state index is -4.96. The number of allylic oxidation sites excluding steroid dienone is 1. The van der Waals surface area contributed by atoms with E-state index in [1.807, 2.05) is 0 Å². The summed E-state index contributed by atoms with van der Waals surface area (Å²) in [5.41, 5.74) is 2.07. The van der Waals surface area contributed by atoms with Gasteiger partial charge in [-0.05, 0) is 54.5 Å². The lowest BCUT2D eigenvalue weighted by molar-refractivity contribution is -0.274. The van der Waals surface area contributed by atoms with Crippen molar-refractivity contribution in [3.63, 3.8) is 0 Å². The fourth-order valence-electron chi connectivity index (χ4n) is 2.96. The van der Waals surface area contributed by atoms with Gasteiger partial charge in [0.05, 0.1) is 21.3 Å². The number of carbonyl (C=O) groups is 2. The lowest BCUT2D eigenvalue weighted by Gasteiger charge is -2.14. The van der Waals surface area contributed by atoms with Crippen molar-refractivity contribution in [2.75, 3.05) is 21.3 Å². The summed E-state index contributed by atoms with van der Waals surface area (Å²) in [7, 11) is 4.24. The van der Waals surface area contributed by atoms with Gasteiger partial charge in [0.1, 0.15) is 5.75 Å². The minimum absolute atomic E-state index is 0.109. The Labute approximate surface area is 193 Å². The number of carbonyl (C=O) groups excluding carboxylic acids is 2. The summed E-state index contributed by atoms with van der Waals surface area (Å²) in [6, 6.07) is 6.60. The number of Topliss-reactive ketones (excluding diaryl/α,β-unsaturated/α-hetero) is 1. The topological polar surface area (TPSA) is 103 Å². The third kappa shape index (κ3) is 6.75. The van der Waals surface area contributed by atoms with Crippen LogP contribution in [0.2, 0.25) is 0 Å². The van der Waals surface area contributed by atoms with Crippen molar-refractivity contribution in [1.82, 2.24) is 5.48 Å². The normalized spacial score (nSPS) is 11.8. The summed E-state index contributed by atoms with van der Waals surface area (Å²) in [6.07, 6.45) is -1.66. The molecule has 0 fully saturated rings. The first-order valence-electron chi connectivity index (χ1n) is 9.57. The molecule has 0 bridgehead atoms. The number of ether oxygens (including phenoxy) is 4. The molecule has 2 aromatic rings. The largest absolute Gasteiger partial charge is 0.573 e. The molecule has 0 aliphatic carbocycles. The zero-order valence-electron chi connectivity index (χ0n) is 18.6. The molecule has 0 saturated heterocycles. The van der Waals surface area contributed by atoms with Crippen LogP contribution in [0.5, 0.6) is 23.0 Å². The number of hydroxylamine groups is 1. The molecule has 0 heterocycles. The van der Waals surface area contributed by atoms with Crippen molar-refractivity contribution in [3.05, 3.63) is 58.7 Å². The molecule has 182 valence electrons. The highest BCUT2D eigenvalue weighted by atomic mass is 19.4. The Balaban J connectivity index is 2.46. The van der Waals surface area contributed by atoms with E-state index in [0.29, 0.717) is 11.3 Å². The van der Waals surface area contributed by atoms with Crippen LogP contribution in [0.15, 0.2) is 42.0 Å². The highest BCUT2D eigenvalue weighted by molar-refractivity contribution is 6.11. The van der Waals surface area contributed by atoms with Gasteiger partial charge >= 0.3 is 6.36 Å². The van der Waals surface area contributed by atoms with Gasteiger partial charge in [0.25, 0.3) is 5.91 Å². The zero-order valence-corrected chi connectivity index (χ0v) is 18.6. The summed E-state index contributed by atoms with van der Waals surface area (Å²) < 4.78 is 57.9. The summed E-state index contributed by atoms with van der Waals surface area (Å²) >= 11 is 0. The quantitative estimate of drug-likeness (QED) is 0.237. The number of benzene rings is 2. The molecule has 0 radical (unpaired) electrons. The lowest BCUT2D eigenvalue weighted by Crippen LogP contribution is -2.18. The number of halogens is 3. The highest BCUT2D eigenvalue weighted by Crippen LogP contribution is 2.39. The molecule has 0 saturated carbocycles. The number of hydrogen-bond donors (Lipinski definition) is 2. The molecule has 0 aliphatic heterocycles. The molecule has 2 aromatic carbocycles. The predicted octanol–water partition coefficient (Wildman–Crippen LogP) is 4.42. The molecule has 8 nitrogen and oxygen atoms in total. The second kappa shape index (κ2) is 11.2. The maximum atomic E-state index is 13.0. The number of nitrogens with one attached hydrogen (secondary N) is 1. The van der Waals surface area contributed by atoms with Crippen LogP contribution in [0.1, 0.15) is 28.4 Å². The van der Waals surface area contributed by atoms with E-state index >= 15 is 0 Å². The van der Waals surface area contributed by atoms with Crippen molar-refractivity contribution in [1.29, 1.82) is 0 Å². The third-order valence-corrected chi connectivity index (χ3v) is 4.45. The number of ketones is 1. The molecule has 11 heteroatoms. The Morgan fingerprint density at radius 1 is 0.971 bits per heavy atom. The highest BCUT2D eigenvalue weighted by Gasteiger charge is 2.32. The average Bonchev–Trinajstić information content (AvgIpc) is 2.81. The van der Waals surface area contributed by atoms with Gasteiger partial charge in [0, 0.05) is 17.2 Å². The van der Waals surface area contributed by atoms with E-state index in [2.05, 4.69) is 4.74 Å². The Kier molecular flexibility index (Phi) is 8.68. The van der Waals surface area contributed by atoms with Crippen LogP contribution in [0.3, 0.4) is 0 Å². The van der Waals surface area contributed by atoms with E-state index in [0.717, 1.165) is 18.2 Å². The fraction of sp³-hybridized carbons (Fsp3) is 0.217. The standard InChI is InChI=1S/C23H22F3NO7/c1-13(21(29)16-11-18(31-2)22(33-4)19(12-16)32-3)9-14-5-7-17(34-23(24,25)26)15(10-14)6-8-20(28)27-30/h5-12,30H,1-4H3,(H,27,28)/b8-6+,13-9?. The molecule has 0 spiro atoms. The Hall–Kier alpha value is -3.99. The van der Waals surface area contributed by atoms with Crippen LogP contribution in [0, 0.1) is 0 Å².